The van der Waals surface area contributed by atoms with Crippen molar-refractivity contribution in [2.75, 3.05) is 11.1 Å². The van der Waals surface area contributed by atoms with Crippen molar-refractivity contribution in [3.8, 4) is 11.4 Å². The molecule has 1 amide bonds. The maximum atomic E-state index is 12.4. The average molecular weight is 473 g/mol. The average Bonchev–Trinajstić information content (AvgIpc) is 3.33. The third-order valence-electron chi connectivity index (χ3n) is 5.05. The number of nitrogens with one attached hydrogen (secondary N) is 1. The van der Waals surface area contributed by atoms with Gasteiger partial charge in [0.15, 0.2) is 5.16 Å². The van der Waals surface area contributed by atoms with Gasteiger partial charge in [0.25, 0.3) is 5.91 Å². The number of benzene rings is 3. The number of aromatic nitrogens is 3. The second-order valence-electron chi connectivity index (χ2n) is 7.84. The van der Waals surface area contributed by atoms with Crippen LogP contribution in [0.3, 0.4) is 0 Å². The zero-order chi connectivity index (χ0) is 23.9. The van der Waals surface area contributed by atoms with Crippen molar-refractivity contribution in [3.63, 3.8) is 0 Å². The number of hydrogen-bond acceptors (Lipinski definition) is 6. The maximum absolute atomic E-state index is 12.4. The Morgan fingerprint density at radius 3 is 2.35 bits per heavy atom. The van der Waals surface area contributed by atoms with Gasteiger partial charge in [0.05, 0.1) is 5.75 Å². The van der Waals surface area contributed by atoms with Crippen LogP contribution in [0.1, 0.15) is 35.7 Å². The predicted molar refractivity (Wildman–Crippen MR) is 133 cm³/mol. The predicted octanol–water partition coefficient (Wildman–Crippen LogP) is 5.34. The highest BCUT2D eigenvalue weighted by Gasteiger charge is 2.13. The van der Waals surface area contributed by atoms with Gasteiger partial charge in [0, 0.05) is 16.9 Å². The fraction of sp³-hybridized carbons (Fsp3) is 0.154. The Kier molecular flexibility index (Phi) is 7.39. The van der Waals surface area contributed by atoms with Crippen LogP contribution in [0.25, 0.3) is 5.69 Å². The van der Waals surface area contributed by atoms with Gasteiger partial charge in [-0.25, -0.2) is 0 Å². The van der Waals surface area contributed by atoms with Gasteiger partial charge in [-0.05, 0) is 60.0 Å². The molecule has 0 aliphatic carbocycles. The Balaban J connectivity index is 1.31. The lowest BCUT2D eigenvalue weighted by Gasteiger charge is -2.09. The first-order valence-corrected chi connectivity index (χ1v) is 11.8. The third-order valence-corrected chi connectivity index (χ3v) is 5.97. The van der Waals surface area contributed by atoms with Crippen molar-refractivity contribution in [1.82, 2.24) is 14.8 Å². The van der Waals surface area contributed by atoms with Crippen molar-refractivity contribution in [2.45, 2.75) is 24.9 Å². The van der Waals surface area contributed by atoms with E-state index in [9.17, 15) is 9.59 Å². The summed E-state index contributed by atoms with van der Waals surface area (Å²) in [5.41, 5.74) is 3.36. The number of carbonyl (C=O) groups is 2. The molecule has 172 valence electrons. The first kappa shape index (κ1) is 23.3. The minimum atomic E-state index is -0.407. The topological polar surface area (TPSA) is 86.1 Å². The van der Waals surface area contributed by atoms with Gasteiger partial charge >= 0.3 is 5.97 Å². The van der Waals surface area contributed by atoms with Gasteiger partial charge in [0.1, 0.15) is 12.1 Å². The minimum Gasteiger partial charge on any atom is -0.426 e. The first-order chi connectivity index (χ1) is 16.5. The van der Waals surface area contributed by atoms with Gasteiger partial charge in [0.2, 0.25) is 0 Å². The molecule has 0 saturated heterocycles. The number of nitrogens with zero attached hydrogens (tertiary/aromatic N) is 3. The van der Waals surface area contributed by atoms with Gasteiger partial charge in [-0.3, -0.25) is 14.2 Å². The number of esters is 1. The van der Waals surface area contributed by atoms with Crippen LogP contribution in [-0.4, -0.2) is 32.4 Å². The van der Waals surface area contributed by atoms with Gasteiger partial charge in [-0.2, -0.15) is 0 Å². The SMILES string of the molecule is CC(C)c1ccc(-n2cnnc2SCC(=O)Oc2ccc(NC(=O)c3ccccc3)cc2)cc1. The van der Waals surface area contributed by atoms with Crippen LogP contribution in [0.5, 0.6) is 5.75 Å². The number of carbonyl (C=O) groups excluding carboxylic acids is 2. The second-order valence-corrected chi connectivity index (χ2v) is 8.78. The fourth-order valence-corrected chi connectivity index (χ4v) is 3.91. The Morgan fingerprint density at radius 1 is 0.971 bits per heavy atom. The molecule has 1 heterocycles. The number of thioether (sulfide) groups is 1. The summed E-state index contributed by atoms with van der Waals surface area (Å²) in [7, 11) is 0. The van der Waals surface area contributed by atoms with Crippen LogP contribution in [-0.2, 0) is 4.79 Å². The summed E-state index contributed by atoms with van der Waals surface area (Å²) in [6.07, 6.45) is 1.63. The zero-order valence-corrected chi connectivity index (χ0v) is 19.7. The van der Waals surface area contributed by atoms with E-state index in [4.69, 9.17) is 4.74 Å². The summed E-state index contributed by atoms with van der Waals surface area (Å²) in [6.45, 7) is 4.30. The molecule has 8 heteroatoms. The van der Waals surface area contributed by atoms with E-state index in [1.165, 1.54) is 17.3 Å². The molecule has 4 rings (SSSR count). The Labute approximate surface area is 202 Å². The monoisotopic (exact) mass is 472 g/mol. The van der Waals surface area contributed by atoms with Crippen molar-refractivity contribution in [1.29, 1.82) is 0 Å². The van der Waals surface area contributed by atoms with Crippen LogP contribution >= 0.6 is 11.8 Å². The number of anilines is 1. The molecule has 0 radical (unpaired) electrons. The quantitative estimate of drug-likeness (QED) is 0.212. The molecule has 1 aromatic heterocycles. The van der Waals surface area contributed by atoms with Crippen LogP contribution in [0, 0.1) is 0 Å². The molecule has 3 aromatic carbocycles. The van der Waals surface area contributed by atoms with Crippen LogP contribution < -0.4 is 10.1 Å². The van der Waals surface area contributed by atoms with E-state index in [1.54, 1.807) is 54.9 Å². The molecule has 0 atom stereocenters. The largest absolute Gasteiger partial charge is 0.426 e. The summed E-state index contributed by atoms with van der Waals surface area (Å²) < 4.78 is 7.25. The molecule has 0 spiro atoms. The number of amides is 1. The molecule has 0 saturated carbocycles. The van der Waals surface area contributed by atoms with Gasteiger partial charge in [-0.1, -0.05) is 55.9 Å². The molecule has 0 unspecified atom stereocenters. The van der Waals surface area contributed by atoms with Crippen molar-refractivity contribution in [3.05, 3.63) is 96.3 Å². The van der Waals surface area contributed by atoms with Gasteiger partial charge in [-0.15, -0.1) is 10.2 Å². The first-order valence-electron chi connectivity index (χ1n) is 10.8. The van der Waals surface area contributed by atoms with E-state index in [1.807, 2.05) is 22.8 Å². The lowest BCUT2D eigenvalue weighted by molar-refractivity contribution is -0.131. The molecule has 0 aliphatic rings. The number of rotatable bonds is 8. The molecule has 4 aromatic rings. The van der Waals surface area contributed by atoms with Crippen molar-refractivity contribution >= 4 is 29.3 Å². The number of ether oxygens (including phenoxy) is 1. The normalized spacial score (nSPS) is 10.8. The highest BCUT2D eigenvalue weighted by molar-refractivity contribution is 7.99. The van der Waals surface area contributed by atoms with Crippen molar-refractivity contribution in [2.24, 2.45) is 0 Å². The zero-order valence-electron chi connectivity index (χ0n) is 18.8. The fourth-order valence-electron chi connectivity index (χ4n) is 3.20. The molecule has 0 aliphatic heterocycles. The summed E-state index contributed by atoms with van der Waals surface area (Å²) in [6, 6.07) is 23.8. The van der Waals surface area contributed by atoms with Crippen LogP contribution in [0.2, 0.25) is 0 Å². The highest BCUT2D eigenvalue weighted by atomic mass is 32.2. The van der Waals surface area contributed by atoms with Gasteiger partial charge < -0.3 is 10.1 Å². The molecule has 0 bridgehead atoms. The minimum absolute atomic E-state index is 0.0786. The second kappa shape index (κ2) is 10.8. The van der Waals surface area contributed by atoms with E-state index in [0.717, 1.165) is 5.69 Å². The van der Waals surface area contributed by atoms with E-state index < -0.39 is 5.97 Å². The van der Waals surface area contributed by atoms with E-state index in [-0.39, 0.29) is 11.7 Å². The van der Waals surface area contributed by atoms with Crippen LogP contribution in [0.15, 0.2) is 90.3 Å². The standard InChI is InChI=1S/C26H24N4O3S/c1-18(2)19-8-12-22(13-9-19)30-17-27-29-26(30)34-16-24(31)33-23-14-10-21(11-15-23)28-25(32)20-6-4-3-5-7-20/h3-15,17-18H,16H2,1-2H3,(H,28,32). The lowest BCUT2D eigenvalue weighted by Crippen LogP contribution is -2.12. The smallest absolute Gasteiger partial charge is 0.321 e. The van der Waals surface area contributed by atoms with Crippen LogP contribution in [0.4, 0.5) is 5.69 Å². The van der Waals surface area contributed by atoms with Crippen molar-refractivity contribution < 1.29 is 14.3 Å². The lowest BCUT2D eigenvalue weighted by atomic mass is 10.0. The third kappa shape index (κ3) is 5.90. The van der Waals surface area contributed by atoms with E-state index in [2.05, 4.69) is 41.5 Å². The number of hydrogen-bond donors (Lipinski definition) is 1. The molecule has 34 heavy (non-hydrogen) atoms. The van der Waals surface area contributed by atoms with E-state index in [0.29, 0.717) is 28.1 Å². The highest BCUT2D eigenvalue weighted by Crippen LogP contribution is 2.23. The summed E-state index contributed by atoms with van der Waals surface area (Å²) >= 11 is 1.25. The Hall–Kier alpha value is -3.91. The molecule has 7 nitrogen and oxygen atoms in total. The molecule has 1 N–H and O–H groups in total. The summed E-state index contributed by atoms with van der Waals surface area (Å²) in [5, 5.41) is 11.5. The molecule has 0 fully saturated rings. The Morgan fingerprint density at radius 2 is 1.68 bits per heavy atom. The van der Waals surface area contributed by atoms with E-state index >= 15 is 0 Å². The summed E-state index contributed by atoms with van der Waals surface area (Å²) in [4.78, 5) is 24.6. The molecular formula is C26H24N4O3S. The molecular weight excluding hydrogens is 448 g/mol. The Bertz CT molecular complexity index is 1250. The summed E-state index contributed by atoms with van der Waals surface area (Å²) in [5.74, 6) is 0.317. The maximum Gasteiger partial charge on any atom is 0.321 e.